The fourth-order valence-electron chi connectivity index (χ4n) is 2.68. The molecule has 0 aliphatic rings. The highest BCUT2D eigenvalue weighted by Gasteiger charge is 2.13. The molecule has 0 saturated carbocycles. The molecule has 22 heavy (non-hydrogen) atoms. The van der Waals surface area contributed by atoms with Gasteiger partial charge in [0.15, 0.2) is 0 Å². The molecule has 1 N–H and O–H groups in total. The molecule has 0 bridgehead atoms. The van der Waals surface area contributed by atoms with E-state index in [1.165, 1.54) is 0 Å². The third-order valence-corrected chi connectivity index (χ3v) is 4.00. The van der Waals surface area contributed by atoms with Crippen LogP contribution in [0.4, 0.5) is 5.69 Å². The number of hydrogen-bond donors (Lipinski definition) is 1. The summed E-state index contributed by atoms with van der Waals surface area (Å²) in [6.07, 6.45) is 0. The molecule has 0 atom stereocenters. The summed E-state index contributed by atoms with van der Waals surface area (Å²) in [6, 6.07) is 17.4. The normalized spacial score (nSPS) is 10.7. The number of aryl methyl sites for hydroxylation is 2. The van der Waals surface area contributed by atoms with Gasteiger partial charge in [-0.05, 0) is 47.9 Å². The third kappa shape index (κ3) is 2.70. The molecule has 3 rings (SSSR count). The lowest BCUT2D eigenvalue weighted by Crippen LogP contribution is -2.13. The van der Waals surface area contributed by atoms with Crippen molar-refractivity contribution >= 4 is 34.0 Å². The Bertz CT molecular complexity index is 842. The van der Waals surface area contributed by atoms with Gasteiger partial charge >= 0.3 is 0 Å². The third-order valence-electron chi connectivity index (χ3n) is 3.70. The number of nitrogens with one attached hydrogen (secondary N) is 1. The second kappa shape index (κ2) is 5.82. The molecule has 0 aromatic heterocycles. The van der Waals surface area contributed by atoms with Crippen LogP contribution in [0.25, 0.3) is 10.8 Å². The monoisotopic (exact) mass is 309 g/mol. The predicted molar refractivity (Wildman–Crippen MR) is 92.8 cm³/mol. The van der Waals surface area contributed by atoms with Gasteiger partial charge in [-0.15, -0.1) is 0 Å². The van der Waals surface area contributed by atoms with Crippen LogP contribution in [-0.2, 0) is 0 Å². The average molecular weight is 310 g/mol. The van der Waals surface area contributed by atoms with Gasteiger partial charge in [0, 0.05) is 5.56 Å². The first-order chi connectivity index (χ1) is 10.6. The highest BCUT2D eigenvalue weighted by atomic mass is 35.5. The lowest BCUT2D eigenvalue weighted by Gasteiger charge is -2.12. The maximum atomic E-state index is 12.6. The summed E-state index contributed by atoms with van der Waals surface area (Å²) < 4.78 is 0. The van der Waals surface area contributed by atoms with Gasteiger partial charge in [0.05, 0.1) is 10.7 Å². The number of anilines is 1. The van der Waals surface area contributed by atoms with Gasteiger partial charge in [0.25, 0.3) is 5.91 Å². The van der Waals surface area contributed by atoms with Crippen molar-refractivity contribution < 1.29 is 4.79 Å². The highest BCUT2D eigenvalue weighted by molar-refractivity contribution is 6.34. The first-order valence-corrected chi connectivity index (χ1v) is 7.50. The second-order valence-corrected chi connectivity index (χ2v) is 5.83. The van der Waals surface area contributed by atoms with E-state index in [0.29, 0.717) is 16.3 Å². The first-order valence-electron chi connectivity index (χ1n) is 7.12. The maximum absolute atomic E-state index is 12.6. The molecule has 0 saturated heterocycles. The molecule has 2 nitrogen and oxygen atoms in total. The van der Waals surface area contributed by atoms with E-state index in [1.54, 1.807) is 0 Å². The minimum Gasteiger partial charge on any atom is -0.320 e. The summed E-state index contributed by atoms with van der Waals surface area (Å²) in [5.74, 6) is -0.148. The smallest absolute Gasteiger partial charge is 0.256 e. The molecule has 0 aliphatic heterocycles. The lowest BCUT2D eigenvalue weighted by molar-refractivity contribution is 0.102. The minimum absolute atomic E-state index is 0.148. The number of carbonyl (C=O) groups excluding carboxylic acids is 1. The SMILES string of the molecule is Cc1cc(C)c(NC(=O)c2cccc3ccccc23)c(Cl)c1. The van der Waals surface area contributed by atoms with Gasteiger partial charge in [-0.25, -0.2) is 0 Å². The van der Waals surface area contributed by atoms with Gasteiger partial charge < -0.3 is 5.32 Å². The van der Waals surface area contributed by atoms with Crippen LogP contribution >= 0.6 is 11.6 Å². The molecule has 0 heterocycles. The van der Waals surface area contributed by atoms with Crippen molar-refractivity contribution in [1.82, 2.24) is 0 Å². The molecular formula is C19H16ClNO. The zero-order valence-electron chi connectivity index (χ0n) is 12.5. The van der Waals surface area contributed by atoms with Gasteiger partial charge in [0.2, 0.25) is 0 Å². The van der Waals surface area contributed by atoms with E-state index >= 15 is 0 Å². The lowest BCUT2D eigenvalue weighted by atomic mass is 10.0. The van der Waals surface area contributed by atoms with Crippen molar-refractivity contribution in [2.24, 2.45) is 0 Å². The van der Waals surface area contributed by atoms with Crippen molar-refractivity contribution in [3.05, 3.63) is 76.3 Å². The zero-order valence-corrected chi connectivity index (χ0v) is 13.2. The van der Waals surface area contributed by atoms with Crippen molar-refractivity contribution in [2.75, 3.05) is 5.32 Å². The molecule has 3 heteroatoms. The second-order valence-electron chi connectivity index (χ2n) is 5.42. The van der Waals surface area contributed by atoms with E-state index in [1.807, 2.05) is 68.4 Å². The van der Waals surface area contributed by atoms with Crippen LogP contribution in [0.3, 0.4) is 0 Å². The fraction of sp³-hybridized carbons (Fsp3) is 0.105. The number of halogens is 1. The van der Waals surface area contributed by atoms with Crippen molar-refractivity contribution in [2.45, 2.75) is 13.8 Å². The van der Waals surface area contributed by atoms with Gasteiger partial charge in [-0.3, -0.25) is 4.79 Å². The number of rotatable bonds is 2. The Balaban J connectivity index is 2.01. The van der Waals surface area contributed by atoms with Gasteiger partial charge in [-0.1, -0.05) is 54.1 Å². The number of benzene rings is 3. The van der Waals surface area contributed by atoms with Crippen LogP contribution in [0.2, 0.25) is 5.02 Å². The molecule has 0 unspecified atom stereocenters. The summed E-state index contributed by atoms with van der Waals surface area (Å²) in [5.41, 5.74) is 3.35. The van der Waals surface area contributed by atoms with E-state index in [4.69, 9.17) is 11.6 Å². The summed E-state index contributed by atoms with van der Waals surface area (Å²) in [6.45, 7) is 3.92. The van der Waals surface area contributed by atoms with Crippen LogP contribution in [0.1, 0.15) is 21.5 Å². The van der Waals surface area contributed by atoms with E-state index in [-0.39, 0.29) is 5.91 Å². The fourth-order valence-corrected chi connectivity index (χ4v) is 3.05. The van der Waals surface area contributed by atoms with Gasteiger partial charge in [-0.2, -0.15) is 0 Å². The molecule has 0 fully saturated rings. The topological polar surface area (TPSA) is 29.1 Å². The van der Waals surface area contributed by atoms with Crippen LogP contribution in [0, 0.1) is 13.8 Å². The number of carbonyl (C=O) groups is 1. The van der Waals surface area contributed by atoms with Crippen LogP contribution in [0.5, 0.6) is 0 Å². The van der Waals surface area contributed by atoms with Crippen LogP contribution in [-0.4, -0.2) is 5.91 Å². The summed E-state index contributed by atoms with van der Waals surface area (Å²) in [4.78, 5) is 12.6. The average Bonchev–Trinajstić information content (AvgIpc) is 2.50. The Morgan fingerprint density at radius 1 is 1.00 bits per heavy atom. The molecular weight excluding hydrogens is 294 g/mol. The number of amides is 1. The minimum atomic E-state index is -0.148. The highest BCUT2D eigenvalue weighted by Crippen LogP contribution is 2.28. The quantitative estimate of drug-likeness (QED) is 0.678. The summed E-state index contributed by atoms with van der Waals surface area (Å²) >= 11 is 6.27. The molecule has 1 amide bonds. The Labute approximate surface area is 134 Å². The van der Waals surface area contributed by atoms with E-state index in [0.717, 1.165) is 21.9 Å². The Morgan fingerprint density at radius 3 is 2.50 bits per heavy atom. The molecule has 3 aromatic rings. The Morgan fingerprint density at radius 2 is 1.73 bits per heavy atom. The number of fused-ring (bicyclic) bond motifs is 1. The summed E-state index contributed by atoms with van der Waals surface area (Å²) in [7, 11) is 0. The van der Waals surface area contributed by atoms with Crippen molar-refractivity contribution in [1.29, 1.82) is 0 Å². The molecule has 0 radical (unpaired) electrons. The Kier molecular flexibility index (Phi) is 3.86. The largest absolute Gasteiger partial charge is 0.320 e. The molecule has 110 valence electrons. The molecule has 0 spiro atoms. The van der Waals surface area contributed by atoms with Crippen LogP contribution in [0.15, 0.2) is 54.6 Å². The van der Waals surface area contributed by atoms with Crippen molar-refractivity contribution in [3.63, 3.8) is 0 Å². The van der Waals surface area contributed by atoms with E-state index in [9.17, 15) is 4.79 Å². The number of hydrogen-bond acceptors (Lipinski definition) is 1. The Hall–Kier alpha value is -2.32. The van der Waals surface area contributed by atoms with E-state index in [2.05, 4.69) is 5.32 Å². The molecule has 0 aliphatic carbocycles. The van der Waals surface area contributed by atoms with Gasteiger partial charge in [0.1, 0.15) is 0 Å². The zero-order chi connectivity index (χ0) is 15.7. The van der Waals surface area contributed by atoms with Crippen LogP contribution < -0.4 is 5.32 Å². The van der Waals surface area contributed by atoms with Crippen molar-refractivity contribution in [3.8, 4) is 0 Å². The standard InChI is InChI=1S/C19H16ClNO/c1-12-10-13(2)18(17(20)11-12)21-19(22)16-9-5-7-14-6-3-4-8-15(14)16/h3-11H,1-2H3,(H,21,22). The summed E-state index contributed by atoms with van der Waals surface area (Å²) in [5, 5.41) is 5.48. The first kappa shape index (κ1) is 14.6. The van der Waals surface area contributed by atoms with E-state index < -0.39 is 0 Å². The maximum Gasteiger partial charge on any atom is 0.256 e. The predicted octanol–water partition coefficient (Wildman–Crippen LogP) is 5.36. The molecule has 3 aromatic carbocycles.